The number of rotatable bonds is 7. The number of aliphatic hydroxyl groups excluding tert-OH is 1. The molecular formula is C17H22N4O3. The zero-order valence-corrected chi connectivity index (χ0v) is 14.1. The van der Waals surface area contributed by atoms with Gasteiger partial charge in [0, 0.05) is 36.2 Å². The molecule has 0 aromatic carbocycles. The fraction of sp³-hybridized carbons (Fsp3) is 0.353. The first kappa shape index (κ1) is 17.7. The van der Waals surface area contributed by atoms with Crippen molar-refractivity contribution >= 4 is 11.6 Å². The lowest BCUT2D eigenvalue weighted by Gasteiger charge is -2.13. The molecule has 0 fully saturated rings. The quantitative estimate of drug-likeness (QED) is 0.711. The van der Waals surface area contributed by atoms with Crippen LogP contribution < -0.4 is 15.4 Å². The molecule has 7 heteroatoms. The molecule has 0 aliphatic heterocycles. The Morgan fingerprint density at radius 2 is 2.12 bits per heavy atom. The van der Waals surface area contributed by atoms with Crippen LogP contribution >= 0.6 is 0 Å². The van der Waals surface area contributed by atoms with Crippen LogP contribution in [-0.4, -0.2) is 41.2 Å². The molecule has 0 aliphatic rings. The molecule has 0 bridgehead atoms. The van der Waals surface area contributed by atoms with Gasteiger partial charge >= 0.3 is 0 Å². The Morgan fingerprint density at radius 3 is 2.83 bits per heavy atom. The van der Waals surface area contributed by atoms with Crippen molar-refractivity contribution in [3.63, 3.8) is 0 Å². The number of hydrogen-bond donors (Lipinski definition) is 3. The first-order valence-corrected chi connectivity index (χ1v) is 7.65. The zero-order valence-electron chi connectivity index (χ0n) is 14.1. The molecular weight excluding hydrogens is 308 g/mol. The van der Waals surface area contributed by atoms with E-state index < -0.39 is 0 Å². The third-order valence-electron chi connectivity index (χ3n) is 3.49. The molecule has 24 heavy (non-hydrogen) atoms. The Balaban J connectivity index is 2.11. The Labute approximate surface area is 141 Å². The van der Waals surface area contributed by atoms with Crippen molar-refractivity contribution in [1.82, 2.24) is 15.3 Å². The first-order chi connectivity index (χ1) is 11.5. The minimum absolute atomic E-state index is 0.108. The van der Waals surface area contributed by atoms with E-state index in [1.54, 1.807) is 25.4 Å². The second-order valence-electron chi connectivity index (χ2n) is 5.33. The highest BCUT2D eigenvalue weighted by Crippen LogP contribution is 2.22. The number of pyridine rings is 2. The number of aliphatic hydroxyl groups is 1. The lowest BCUT2D eigenvalue weighted by molar-refractivity contribution is 0.0940. The first-order valence-electron chi connectivity index (χ1n) is 7.65. The standard InChI is InChI=1S/C17H22N4O3/c1-11-8-12(2)21-17(24-3)14(11)10-20-13-4-5-18-15(9-13)16(23)19-6-7-22/h4-5,8-9,22H,6-7,10H2,1-3H3,(H,18,20)(H,19,23). The lowest BCUT2D eigenvalue weighted by atomic mass is 10.1. The van der Waals surface area contributed by atoms with Crippen LogP contribution in [0.4, 0.5) is 5.69 Å². The highest BCUT2D eigenvalue weighted by molar-refractivity contribution is 5.93. The highest BCUT2D eigenvalue weighted by atomic mass is 16.5. The number of hydrogen-bond acceptors (Lipinski definition) is 6. The van der Waals surface area contributed by atoms with Crippen LogP contribution in [-0.2, 0) is 6.54 Å². The van der Waals surface area contributed by atoms with E-state index in [0.29, 0.717) is 18.1 Å². The average molecular weight is 330 g/mol. The van der Waals surface area contributed by atoms with Crippen molar-refractivity contribution in [3.05, 3.63) is 46.9 Å². The summed E-state index contributed by atoms with van der Waals surface area (Å²) in [5, 5.41) is 14.6. The smallest absolute Gasteiger partial charge is 0.270 e. The normalized spacial score (nSPS) is 10.3. The van der Waals surface area contributed by atoms with Crippen LogP contribution in [0.5, 0.6) is 5.88 Å². The maximum Gasteiger partial charge on any atom is 0.270 e. The molecule has 0 aliphatic carbocycles. The van der Waals surface area contributed by atoms with Crippen LogP contribution in [0, 0.1) is 13.8 Å². The third-order valence-corrected chi connectivity index (χ3v) is 3.49. The van der Waals surface area contributed by atoms with E-state index in [4.69, 9.17) is 9.84 Å². The van der Waals surface area contributed by atoms with E-state index in [9.17, 15) is 4.79 Å². The van der Waals surface area contributed by atoms with Crippen LogP contribution in [0.2, 0.25) is 0 Å². The van der Waals surface area contributed by atoms with Crippen LogP contribution in [0.3, 0.4) is 0 Å². The Kier molecular flexibility index (Phi) is 6.08. The van der Waals surface area contributed by atoms with Crippen LogP contribution in [0.25, 0.3) is 0 Å². The van der Waals surface area contributed by atoms with E-state index in [1.165, 1.54) is 0 Å². The van der Waals surface area contributed by atoms with Crippen LogP contribution in [0.1, 0.15) is 27.3 Å². The monoisotopic (exact) mass is 330 g/mol. The van der Waals surface area contributed by atoms with Gasteiger partial charge in [0.25, 0.3) is 5.91 Å². The van der Waals surface area contributed by atoms with Gasteiger partial charge in [-0.15, -0.1) is 0 Å². The van der Waals surface area contributed by atoms with E-state index in [2.05, 4.69) is 20.6 Å². The molecule has 7 nitrogen and oxygen atoms in total. The van der Waals surface area contributed by atoms with Gasteiger partial charge in [0.15, 0.2) is 0 Å². The minimum atomic E-state index is -0.321. The third kappa shape index (κ3) is 4.42. The molecule has 0 radical (unpaired) electrons. The van der Waals surface area contributed by atoms with Gasteiger partial charge in [-0.2, -0.15) is 0 Å². The second-order valence-corrected chi connectivity index (χ2v) is 5.33. The Hall–Kier alpha value is -2.67. The molecule has 0 atom stereocenters. The van der Waals surface area contributed by atoms with Crippen molar-refractivity contribution in [3.8, 4) is 5.88 Å². The number of carbonyl (C=O) groups excluding carboxylic acids is 1. The summed E-state index contributed by atoms with van der Waals surface area (Å²) < 4.78 is 5.35. The fourth-order valence-electron chi connectivity index (χ4n) is 2.33. The van der Waals surface area contributed by atoms with Crippen LogP contribution in [0.15, 0.2) is 24.4 Å². The van der Waals surface area contributed by atoms with Gasteiger partial charge in [0.05, 0.1) is 13.7 Å². The predicted octanol–water partition coefficient (Wildman–Crippen LogP) is 1.44. The fourth-order valence-corrected chi connectivity index (χ4v) is 2.33. The van der Waals surface area contributed by atoms with Gasteiger partial charge in [0.1, 0.15) is 5.69 Å². The van der Waals surface area contributed by atoms with Crippen molar-refractivity contribution in [2.75, 3.05) is 25.6 Å². The van der Waals surface area contributed by atoms with E-state index in [-0.39, 0.29) is 19.1 Å². The van der Waals surface area contributed by atoms with Crippen molar-refractivity contribution in [1.29, 1.82) is 0 Å². The predicted molar refractivity (Wildman–Crippen MR) is 91.2 cm³/mol. The highest BCUT2D eigenvalue weighted by Gasteiger charge is 2.11. The Bertz CT molecular complexity index is 719. The summed E-state index contributed by atoms with van der Waals surface area (Å²) in [5.74, 6) is 0.272. The molecule has 3 N–H and O–H groups in total. The Morgan fingerprint density at radius 1 is 1.33 bits per heavy atom. The molecule has 1 amide bonds. The number of nitrogens with zero attached hydrogens (tertiary/aromatic N) is 2. The molecule has 0 unspecified atom stereocenters. The number of nitrogens with one attached hydrogen (secondary N) is 2. The summed E-state index contributed by atoms with van der Waals surface area (Å²) in [4.78, 5) is 20.3. The number of aromatic nitrogens is 2. The topological polar surface area (TPSA) is 96.4 Å². The molecule has 2 heterocycles. The lowest BCUT2D eigenvalue weighted by Crippen LogP contribution is -2.27. The molecule has 0 saturated heterocycles. The maximum atomic E-state index is 11.9. The summed E-state index contributed by atoms with van der Waals surface area (Å²) in [6.07, 6.45) is 1.56. The van der Waals surface area contributed by atoms with E-state index >= 15 is 0 Å². The summed E-state index contributed by atoms with van der Waals surface area (Å²) in [6.45, 7) is 4.54. The van der Waals surface area contributed by atoms with Gasteiger partial charge < -0.3 is 20.5 Å². The largest absolute Gasteiger partial charge is 0.481 e. The van der Waals surface area contributed by atoms with Gasteiger partial charge in [-0.1, -0.05) is 0 Å². The molecule has 0 saturated carbocycles. The second kappa shape index (κ2) is 8.26. The summed E-state index contributed by atoms with van der Waals surface area (Å²) in [5.41, 5.74) is 4.01. The van der Waals surface area contributed by atoms with Gasteiger partial charge in [-0.25, -0.2) is 4.98 Å². The molecule has 2 aromatic rings. The number of aryl methyl sites for hydroxylation is 2. The zero-order chi connectivity index (χ0) is 17.5. The number of ether oxygens (including phenoxy) is 1. The molecule has 128 valence electrons. The van der Waals surface area contributed by atoms with Crippen molar-refractivity contribution in [2.45, 2.75) is 20.4 Å². The molecule has 2 rings (SSSR count). The molecule has 2 aromatic heterocycles. The number of carbonyl (C=O) groups is 1. The average Bonchev–Trinajstić information content (AvgIpc) is 2.58. The van der Waals surface area contributed by atoms with Crippen molar-refractivity contribution < 1.29 is 14.6 Å². The van der Waals surface area contributed by atoms with Crippen molar-refractivity contribution in [2.24, 2.45) is 0 Å². The number of methoxy groups -OCH3 is 1. The van der Waals surface area contributed by atoms with E-state index in [1.807, 2.05) is 19.9 Å². The SMILES string of the molecule is COc1nc(C)cc(C)c1CNc1ccnc(C(=O)NCCO)c1. The summed E-state index contributed by atoms with van der Waals surface area (Å²) >= 11 is 0. The van der Waals surface area contributed by atoms with Gasteiger partial charge in [-0.3, -0.25) is 9.78 Å². The van der Waals surface area contributed by atoms with Gasteiger partial charge in [-0.05, 0) is 37.6 Å². The van der Waals surface area contributed by atoms with Gasteiger partial charge in [0.2, 0.25) is 5.88 Å². The number of anilines is 1. The maximum absolute atomic E-state index is 11.9. The van der Waals surface area contributed by atoms with E-state index in [0.717, 1.165) is 22.5 Å². The number of amides is 1. The summed E-state index contributed by atoms with van der Waals surface area (Å²) in [7, 11) is 1.60. The summed E-state index contributed by atoms with van der Waals surface area (Å²) in [6, 6.07) is 5.45. The minimum Gasteiger partial charge on any atom is -0.481 e. The molecule has 0 spiro atoms.